The Labute approximate surface area is 122 Å². The Balaban J connectivity index is 2.67. The zero-order valence-corrected chi connectivity index (χ0v) is 13.3. The second-order valence-corrected chi connectivity index (χ2v) is 6.45. The van der Waals surface area contributed by atoms with Crippen LogP contribution in [0.1, 0.15) is 33.3 Å². The average Bonchev–Trinajstić information content (AvgIpc) is 2.30. The van der Waals surface area contributed by atoms with Gasteiger partial charge < -0.3 is 4.90 Å². The van der Waals surface area contributed by atoms with Crippen molar-refractivity contribution in [1.29, 1.82) is 0 Å². The van der Waals surface area contributed by atoms with Gasteiger partial charge >= 0.3 is 0 Å². The van der Waals surface area contributed by atoms with Gasteiger partial charge in [0.25, 0.3) is 0 Å². The second kappa shape index (κ2) is 7.59. The molecule has 1 aromatic rings. The summed E-state index contributed by atoms with van der Waals surface area (Å²) in [7, 11) is 0. The minimum atomic E-state index is 0.217. The third-order valence-electron chi connectivity index (χ3n) is 2.82. The molecule has 0 aliphatic heterocycles. The van der Waals surface area contributed by atoms with E-state index in [2.05, 4.69) is 40.3 Å². The number of rotatable bonds is 6. The monoisotopic (exact) mass is 279 g/mol. The maximum Gasteiger partial charge on any atom is 0.227 e. The summed E-state index contributed by atoms with van der Waals surface area (Å²) in [4.78, 5) is 15.3. The van der Waals surface area contributed by atoms with Crippen LogP contribution in [0.15, 0.2) is 29.2 Å². The average molecular weight is 279 g/mol. The molecule has 0 unspecified atom stereocenters. The molecule has 1 aromatic carbocycles. The molecule has 3 heteroatoms. The van der Waals surface area contributed by atoms with E-state index < -0.39 is 0 Å². The second-order valence-electron chi connectivity index (χ2n) is 5.93. The first-order chi connectivity index (χ1) is 8.88. The van der Waals surface area contributed by atoms with Gasteiger partial charge in [-0.2, -0.15) is 0 Å². The topological polar surface area (TPSA) is 20.3 Å². The van der Waals surface area contributed by atoms with Crippen LogP contribution in [0, 0.1) is 11.8 Å². The summed E-state index contributed by atoms with van der Waals surface area (Å²) in [6.07, 6.45) is 0.480. The van der Waals surface area contributed by atoms with Gasteiger partial charge in [-0.1, -0.05) is 39.8 Å². The van der Waals surface area contributed by atoms with E-state index in [1.54, 1.807) is 0 Å². The predicted molar refractivity (Wildman–Crippen MR) is 83.7 cm³/mol. The highest BCUT2D eigenvalue weighted by Gasteiger charge is 2.16. The SMILES string of the molecule is CC(C)CN(CC(C)C)C(=O)Cc1ccc(S)cc1. The number of carbonyl (C=O) groups is 1. The van der Waals surface area contributed by atoms with E-state index in [4.69, 9.17) is 0 Å². The van der Waals surface area contributed by atoms with Crippen molar-refractivity contribution in [3.8, 4) is 0 Å². The number of amides is 1. The van der Waals surface area contributed by atoms with E-state index >= 15 is 0 Å². The van der Waals surface area contributed by atoms with Crippen LogP contribution in [0.25, 0.3) is 0 Å². The Bertz CT molecular complexity index is 388. The number of hydrogen-bond acceptors (Lipinski definition) is 2. The molecule has 2 nitrogen and oxygen atoms in total. The molecule has 1 amide bonds. The molecule has 106 valence electrons. The summed E-state index contributed by atoms with van der Waals surface area (Å²) >= 11 is 4.26. The Morgan fingerprint density at radius 3 is 1.95 bits per heavy atom. The van der Waals surface area contributed by atoms with Crippen LogP contribution in [0.5, 0.6) is 0 Å². The van der Waals surface area contributed by atoms with Gasteiger partial charge in [-0.15, -0.1) is 12.6 Å². The molecular formula is C16H25NOS. The molecule has 0 bridgehead atoms. The van der Waals surface area contributed by atoms with Crippen molar-refractivity contribution < 1.29 is 4.79 Å². The van der Waals surface area contributed by atoms with Crippen molar-refractivity contribution >= 4 is 18.5 Å². The molecule has 0 heterocycles. The minimum Gasteiger partial charge on any atom is -0.342 e. The molecule has 0 fully saturated rings. The van der Waals surface area contributed by atoms with E-state index in [9.17, 15) is 4.79 Å². The lowest BCUT2D eigenvalue weighted by molar-refractivity contribution is -0.131. The summed E-state index contributed by atoms with van der Waals surface area (Å²) < 4.78 is 0. The van der Waals surface area contributed by atoms with Crippen LogP contribution in [0.2, 0.25) is 0 Å². The molecule has 0 aliphatic carbocycles. The van der Waals surface area contributed by atoms with Crippen LogP contribution in [-0.2, 0) is 11.2 Å². The fourth-order valence-electron chi connectivity index (χ4n) is 2.06. The third-order valence-corrected chi connectivity index (χ3v) is 3.11. The van der Waals surface area contributed by atoms with Crippen LogP contribution in [0.4, 0.5) is 0 Å². The molecule has 0 radical (unpaired) electrons. The van der Waals surface area contributed by atoms with Crippen molar-refractivity contribution in [3.63, 3.8) is 0 Å². The minimum absolute atomic E-state index is 0.217. The highest BCUT2D eigenvalue weighted by atomic mass is 32.1. The summed E-state index contributed by atoms with van der Waals surface area (Å²) in [6, 6.07) is 7.81. The fraction of sp³-hybridized carbons (Fsp3) is 0.562. The lowest BCUT2D eigenvalue weighted by atomic mass is 10.1. The van der Waals surface area contributed by atoms with Gasteiger partial charge in [0.05, 0.1) is 6.42 Å². The largest absolute Gasteiger partial charge is 0.342 e. The van der Waals surface area contributed by atoms with Crippen molar-refractivity contribution in [3.05, 3.63) is 29.8 Å². The highest BCUT2D eigenvalue weighted by molar-refractivity contribution is 7.80. The molecule has 0 spiro atoms. The number of hydrogen-bond donors (Lipinski definition) is 1. The standard InChI is InChI=1S/C16H25NOS/c1-12(2)10-17(11-13(3)4)16(18)9-14-5-7-15(19)8-6-14/h5-8,12-13,19H,9-11H2,1-4H3. The smallest absolute Gasteiger partial charge is 0.227 e. The molecular weight excluding hydrogens is 254 g/mol. The van der Waals surface area contributed by atoms with Gasteiger partial charge in [-0.25, -0.2) is 0 Å². The molecule has 0 aliphatic rings. The van der Waals surface area contributed by atoms with Gasteiger partial charge in [-0.05, 0) is 29.5 Å². The zero-order chi connectivity index (χ0) is 14.4. The van der Waals surface area contributed by atoms with Gasteiger partial charge in [0.15, 0.2) is 0 Å². The van der Waals surface area contributed by atoms with Crippen molar-refractivity contribution in [2.24, 2.45) is 11.8 Å². The van der Waals surface area contributed by atoms with Gasteiger partial charge in [0.2, 0.25) is 5.91 Å². The summed E-state index contributed by atoms with van der Waals surface area (Å²) in [5.74, 6) is 1.22. The maximum atomic E-state index is 12.4. The molecule has 0 N–H and O–H groups in total. The molecule has 19 heavy (non-hydrogen) atoms. The fourth-order valence-corrected chi connectivity index (χ4v) is 2.21. The summed E-state index contributed by atoms with van der Waals surface area (Å²) in [5, 5.41) is 0. The third kappa shape index (κ3) is 6.15. The lowest BCUT2D eigenvalue weighted by Crippen LogP contribution is -2.37. The number of benzene rings is 1. The molecule has 1 rings (SSSR count). The first kappa shape index (κ1) is 16.1. The molecule has 0 saturated heterocycles. The van der Waals surface area contributed by atoms with E-state index in [0.29, 0.717) is 18.3 Å². The van der Waals surface area contributed by atoms with Crippen molar-refractivity contribution in [2.45, 2.75) is 39.0 Å². The van der Waals surface area contributed by atoms with E-state index in [0.717, 1.165) is 23.5 Å². The van der Waals surface area contributed by atoms with Crippen LogP contribution in [-0.4, -0.2) is 23.9 Å². The number of nitrogens with zero attached hydrogens (tertiary/aromatic N) is 1. The van der Waals surface area contributed by atoms with Crippen LogP contribution in [0.3, 0.4) is 0 Å². The number of carbonyl (C=O) groups excluding carboxylic acids is 1. The van der Waals surface area contributed by atoms with E-state index in [1.165, 1.54) is 0 Å². The Kier molecular flexibility index (Phi) is 6.43. The zero-order valence-electron chi connectivity index (χ0n) is 12.4. The summed E-state index contributed by atoms with van der Waals surface area (Å²) in [6.45, 7) is 10.3. The lowest BCUT2D eigenvalue weighted by Gasteiger charge is -2.26. The molecule has 0 saturated carbocycles. The van der Waals surface area contributed by atoms with Gasteiger partial charge in [0, 0.05) is 18.0 Å². The maximum absolute atomic E-state index is 12.4. The molecule has 0 aromatic heterocycles. The van der Waals surface area contributed by atoms with Gasteiger partial charge in [0.1, 0.15) is 0 Å². The van der Waals surface area contributed by atoms with Crippen molar-refractivity contribution in [2.75, 3.05) is 13.1 Å². The van der Waals surface area contributed by atoms with E-state index in [1.807, 2.05) is 29.2 Å². The highest BCUT2D eigenvalue weighted by Crippen LogP contribution is 2.11. The Morgan fingerprint density at radius 2 is 1.53 bits per heavy atom. The molecule has 0 atom stereocenters. The first-order valence-corrected chi connectivity index (χ1v) is 7.39. The normalized spacial score (nSPS) is 11.1. The predicted octanol–water partition coefficient (Wildman–Crippen LogP) is 3.66. The van der Waals surface area contributed by atoms with Crippen molar-refractivity contribution in [1.82, 2.24) is 4.90 Å². The Hall–Kier alpha value is -0.960. The Morgan fingerprint density at radius 1 is 1.05 bits per heavy atom. The van der Waals surface area contributed by atoms with Crippen LogP contribution < -0.4 is 0 Å². The van der Waals surface area contributed by atoms with Crippen LogP contribution >= 0.6 is 12.6 Å². The first-order valence-electron chi connectivity index (χ1n) is 6.94. The summed E-state index contributed by atoms with van der Waals surface area (Å²) in [5.41, 5.74) is 1.06. The van der Waals surface area contributed by atoms with Gasteiger partial charge in [-0.3, -0.25) is 4.79 Å². The number of thiol groups is 1. The quantitative estimate of drug-likeness (QED) is 0.788. The van der Waals surface area contributed by atoms with E-state index in [-0.39, 0.29) is 5.91 Å².